The van der Waals surface area contributed by atoms with Crippen molar-refractivity contribution in [3.63, 3.8) is 0 Å². The van der Waals surface area contributed by atoms with Gasteiger partial charge >= 0.3 is 0 Å². The van der Waals surface area contributed by atoms with Gasteiger partial charge in [0.2, 0.25) is 0 Å². The van der Waals surface area contributed by atoms with Crippen LogP contribution in [0.15, 0.2) is 24.5 Å². The molecule has 2 aromatic rings. The first kappa shape index (κ1) is 13.1. The minimum Gasteiger partial charge on any atom is -0.338 e. The number of hydrogen-bond acceptors (Lipinski definition) is 4. The molecule has 0 spiro atoms. The lowest BCUT2D eigenvalue weighted by Gasteiger charge is -2.09. The van der Waals surface area contributed by atoms with E-state index in [4.69, 9.17) is 34.8 Å². The molecule has 0 aliphatic carbocycles. The molecule has 0 aliphatic heterocycles. The van der Waals surface area contributed by atoms with Gasteiger partial charge in [-0.2, -0.15) is 0 Å². The van der Waals surface area contributed by atoms with Gasteiger partial charge in [-0.1, -0.05) is 34.8 Å². The van der Waals surface area contributed by atoms with Crippen molar-refractivity contribution >= 4 is 52.6 Å². The highest BCUT2D eigenvalue weighted by Gasteiger charge is 2.10. The summed E-state index contributed by atoms with van der Waals surface area (Å²) in [5, 5.41) is 3.92. The molecule has 1 aromatic heterocycles. The van der Waals surface area contributed by atoms with E-state index in [1.165, 1.54) is 6.33 Å². The number of nitrogens with one attached hydrogen (secondary N) is 1. The van der Waals surface area contributed by atoms with E-state index in [2.05, 4.69) is 15.3 Å². The van der Waals surface area contributed by atoms with Crippen molar-refractivity contribution in [1.82, 2.24) is 9.97 Å². The smallest absolute Gasteiger partial charge is 0.156 e. The zero-order valence-corrected chi connectivity index (χ0v) is 11.1. The van der Waals surface area contributed by atoms with Crippen LogP contribution in [0, 0.1) is 0 Å². The van der Waals surface area contributed by atoms with Gasteiger partial charge in [0.1, 0.15) is 17.3 Å². The Morgan fingerprint density at radius 1 is 1.17 bits per heavy atom. The van der Waals surface area contributed by atoms with Crippen molar-refractivity contribution in [1.29, 1.82) is 0 Å². The molecule has 0 radical (unpaired) electrons. The summed E-state index contributed by atoms with van der Waals surface area (Å²) in [6, 6.07) is 4.91. The first-order chi connectivity index (χ1) is 8.61. The van der Waals surface area contributed by atoms with Crippen LogP contribution in [-0.2, 0) is 0 Å². The summed E-state index contributed by atoms with van der Waals surface area (Å²) in [5.41, 5.74) is 0.692. The molecule has 4 nitrogen and oxygen atoms in total. The molecule has 0 saturated carbocycles. The number of halogens is 3. The highest BCUT2D eigenvalue weighted by atomic mass is 35.5. The standard InChI is InChI=1S/C11H6Cl3N3O/c12-6-1-2-8(13)9(3-6)17-11-7(4-18)10(14)15-5-16-11/h1-5H,(H,15,16,17). The minimum absolute atomic E-state index is 0.0700. The van der Waals surface area contributed by atoms with Gasteiger partial charge < -0.3 is 5.32 Å². The van der Waals surface area contributed by atoms with Crippen LogP contribution in [0.2, 0.25) is 15.2 Å². The first-order valence-electron chi connectivity index (χ1n) is 4.79. The van der Waals surface area contributed by atoms with Crippen molar-refractivity contribution in [3.05, 3.63) is 45.3 Å². The second kappa shape index (κ2) is 5.52. The van der Waals surface area contributed by atoms with Gasteiger partial charge in [0.25, 0.3) is 0 Å². The molecule has 0 bridgehead atoms. The second-order valence-corrected chi connectivity index (χ2v) is 4.50. The summed E-state index contributed by atoms with van der Waals surface area (Å²) in [6.07, 6.45) is 1.82. The zero-order valence-electron chi connectivity index (χ0n) is 8.82. The lowest BCUT2D eigenvalue weighted by molar-refractivity contribution is 0.112. The summed E-state index contributed by atoms with van der Waals surface area (Å²) < 4.78 is 0. The summed E-state index contributed by atoms with van der Waals surface area (Å²) in [6.45, 7) is 0. The fraction of sp³-hybridized carbons (Fsp3) is 0. The van der Waals surface area contributed by atoms with Gasteiger partial charge in [-0.25, -0.2) is 9.97 Å². The van der Waals surface area contributed by atoms with Crippen LogP contribution in [0.25, 0.3) is 0 Å². The average Bonchev–Trinajstić information content (AvgIpc) is 2.34. The van der Waals surface area contributed by atoms with Crippen molar-refractivity contribution < 1.29 is 4.79 Å². The average molecular weight is 303 g/mol. The molecule has 0 fully saturated rings. The maximum absolute atomic E-state index is 10.9. The van der Waals surface area contributed by atoms with Crippen molar-refractivity contribution in [2.24, 2.45) is 0 Å². The largest absolute Gasteiger partial charge is 0.338 e. The Kier molecular flexibility index (Phi) is 4.01. The van der Waals surface area contributed by atoms with Gasteiger partial charge in [-0.15, -0.1) is 0 Å². The SMILES string of the molecule is O=Cc1c(Cl)ncnc1Nc1cc(Cl)ccc1Cl. The molecule has 18 heavy (non-hydrogen) atoms. The number of hydrogen-bond donors (Lipinski definition) is 1. The normalized spacial score (nSPS) is 10.2. The van der Waals surface area contributed by atoms with Gasteiger partial charge in [0.15, 0.2) is 6.29 Å². The van der Waals surface area contributed by atoms with E-state index < -0.39 is 0 Å². The van der Waals surface area contributed by atoms with Crippen molar-refractivity contribution in [2.75, 3.05) is 5.32 Å². The predicted molar refractivity (Wildman–Crippen MR) is 72.2 cm³/mol. The third kappa shape index (κ3) is 2.72. The fourth-order valence-electron chi connectivity index (χ4n) is 1.30. The van der Waals surface area contributed by atoms with Crippen LogP contribution < -0.4 is 5.32 Å². The van der Waals surface area contributed by atoms with E-state index in [1.807, 2.05) is 0 Å². The molecule has 2 rings (SSSR count). The molecule has 0 atom stereocenters. The number of benzene rings is 1. The zero-order chi connectivity index (χ0) is 13.1. The third-order valence-corrected chi connectivity index (χ3v) is 3.00. The molecule has 1 aromatic carbocycles. The molecule has 0 aliphatic rings. The maximum Gasteiger partial charge on any atom is 0.156 e. The van der Waals surface area contributed by atoms with E-state index in [-0.39, 0.29) is 16.5 Å². The Bertz CT molecular complexity index is 604. The Balaban J connectivity index is 2.43. The number of anilines is 2. The van der Waals surface area contributed by atoms with Crippen LogP contribution in [0.1, 0.15) is 10.4 Å². The van der Waals surface area contributed by atoms with E-state index in [1.54, 1.807) is 18.2 Å². The van der Waals surface area contributed by atoms with Crippen LogP contribution in [-0.4, -0.2) is 16.3 Å². The van der Waals surface area contributed by atoms with Crippen LogP contribution in [0.5, 0.6) is 0 Å². The highest BCUT2D eigenvalue weighted by molar-refractivity contribution is 6.35. The molecule has 1 N–H and O–H groups in total. The van der Waals surface area contributed by atoms with E-state index in [0.29, 0.717) is 22.0 Å². The number of aromatic nitrogens is 2. The molecule has 92 valence electrons. The molecular formula is C11H6Cl3N3O. The highest BCUT2D eigenvalue weighted by Crippen LogP contribution is 2.29. The van der Waals surface area contributed by atoms with Gasteiger partial charge in [0.05, 0.1) is 16.3 Å². The van der Waals surface area contributed by atoms with E-state index in [9.17, 15) is 4.79 Å². The van der Waals surface area contributed by atoms with Crippen molar-refractivity contribution in [2.45, 2.75) is 0 Å². The number of rotatable bonds is 3. The summed E-state index contributed by atoms with van der Waals surface area (Å²) in [4.78, 5) is 18.6. The fourth-order valence-corrected chi connectivity index (χ4v) is 1.81. The Morgan fingerprint density at radius 2 is 1.94 bits per heavy atom. The van der Waals surface area contributed by atoms with E-state index >= 15 is 0 Å². The third-order valence-electron chi connectivity index (χ3n) is 2.13. The number of nitrogens with zero attached hydrogens (tertiary/aromatic N) is 2. The number of carbonyl (C=O) groups is 1. The van der Waals surface area contributed by atoms with Crippen molar-refractivity contribution in [3.8, 4) is 0 Å². The quantitative estimate of drug-likeness (QED) is 0.688. The molecular weight excluding hydrogens is 296 g/mol. The molecule has 1 heterocycles. The summed E-state index contributed by atoms with van der Waals surface area (Å²) in [5.74, 6) is 0.272. The topological polar surface area (TPSA) is 54.9 Å². The first-order valence-corrected chi connectivity index (χ1v) is 5.93. The molecule has 0 unspecified atom stereocenters. The van der Waals surface area contributed by atoms with Crippen LogP contribution in [0.4, 0.5) is 11.5 Å². The molecule has 0 saturated heterocycles. The number of carbonyl (C=O) groups excluding carboxylic acids is 1. The monoisotopic (exact) mass is 301 g/mol. The minimum atomic E-state index is 0.0700. The Morgan fingerprint density at radius 3 is 2.67 bits per heavy atom. The summed E-state index contributed by atoms with van der Waals surface area (Å²) in [7, 11) is 0. The lowest BCUT2D eigenvalue weighted by atomic mass is 10.3. The van der Waals surface area contributed by atoms with Crippen LogP contribution >= 0.6 is 34.8 Å². The molecule has 0 amide bonds. The van der Waals surface area contributed by atoms with Crippen LogP contribution in [0.3, 0.4) is 0 Å². The second-order valence-electron chi connectivity index (χ2n) is 3.29. The van der Waals surface area contributed by atoms with Gasteiger partial charge in [-0.3, -0.25) is 4.79 Å². The predicted octanol–water partition coefficient (Wildman–Crippen LogP) is 3.99. The Labute approximate surface area is 118 Å². The van der Waals surface area contributed by atoms with Gasteiger partial charge in [0, 0.05) is 5.02 Å². The lowest BCUT2D eigenvalue weighted by Crippen LogP contribution is -2.01. The van der Waals surface area contributed by atoms with Gasteiger partial charge in [-0.05, 0) is 18.2 Å². The molecule has 7 heteroatoms. The van der Waals surface area contributed by atoms with E-state index in [0.717, 1.165) is 0 Å². The number of aldehydes is 1. The Hall–Kier alpha value is -1.36. The maximum atomic E-state index is 10.9. The summed E-state index contributed by atoms with van der Waals surface area (Å²) >= 11 is 17.6.